The van der Waals surface area contributed by atoms with Crippen molar-refractivity contribution in [2.45, 2.75) is 70.1 Å². The van der Waals surface area contributed by atoms with E-state index in [1.54, 1.807) is 0 Å². The van der Waals surface area contributed by atoms with E-state index in [9.17, 15) is 4.79 Å². The first-order chi connectivity index (χ1) is 12.2. The van der Waals surface area contributed by atoms with Crippen molar-refractivity contribution in [3.8, 4) is 0 Å². The summed E-state index contributed by atoms with van der Waals surface area (Å²) < 4.78 is 6.05. The fraction of sp³-hybridized carbons (Fsp3) is 0.667. The van der Waals surface area contributed by atoms with Crippen LogP contribution < -0.4 is 11.1 Å². The van der Waals surface area contributed by atoms with Crippen molar-refractivity contribution in [1.29, 1.82) is 0 Å². The Labute approximate surface area is 162 Å². The third-order valence-electron chi connectivity index (χ3n) is 6.52. The quantitative estimate of drug-likeness (QED) is 0.804. The van der Waals surface area contributed by atoms with E-state index >= 15 is 0 Å². The molecule has 3 fully saturated rings. The van der Waals surface area contributed by atoms with Crippen LogP contribution >= 0.6 is 12.4 Å². The van der Waals surface area contributed by atoms with Gasteiger partial charge < -0.3 is 15.8 Å². The molecule has 4 nitrogen and oxygen atoms in total. The Morgan fingerprint density at radius 2 is 1.88 bits per heavy atom. The van der Waals surface area contributed by atoms with Crippen LogP contribution in [-0.2, 0) is 16.1 Å². The zero-order valence-electron chi connectivity index (χ0n) is 15.4. The maximum absolute atomic E-state index is 12.7. The molecule has 1 aromatic carbocycles. The minimum atomic E-state index is -0.0131. The zero-order valence-corrected chi connectivity index (χ0v) is 16.2. The number of benzene rings is 1. The van der Waals surface area contributed by atoms with E-state index in [0.717, 1.165) is 24.1 Å². The number of halogens is 1. The molecule has 3 aliphatic rings. The molecule has 3 saturated carbocycles. The second-order valence-corrected chi connectivity index (χ2v) is 8.20. The lowest BCUT2D eigenvalue weighted by atomic mass is 9.84. The number of amides is 1. The molecule has 2 bridgehead atoms. The van der Waals surface area contributed by atoms with Gasteiger partial charge >= 0.3 is 0 Å². The first-order valence-corrected chi connectivity index (χ1v) is 9.97. The van der Waals surface area contributed by atoms with Gasteiger partial charge in [-0.3, -0.25) is 4.79 Å². The van der Waals surface area contributed by atoms with Crippen LogP contribution in [0.15, 0.2) is 24.3 Å². The van der Waals surface area contributed by atoms with Gasteiger partial charge in [-0.1, -0.05) is 31.4 Å². The summed E-state index contributed by atoms with van der Waals surface area (Å²) >= 11 is 0. The van der Waals surface area contributed by atoms with Gasteiger partial charge in [0.15, 0.2) is 0 Å². The normalized spacial score (nSPS) is 30.8. The van der Waals surface area contributed by atoms with Gasteiger partial charge in [-0.15, -0.1) is 12.4 Å². The monoisotopic (exact) mass is 378 g/mol. The minimum Gasteiger partial charge on any atom is -0.374 e. The number of nitrogens with one attached hydrogen (secondary N) is 1. The highest BCUT2D eigenvalue weighted by atomic mass is 35.5. The summed E-state index contributed by atoms with van der Waals surface area (Å²) in [7, 11) is 0. The number of rotatable bonds is 5. The fourth-order valence-electron chi connectivity index (χ4n) is 5.14. The van der Waals surface area contributed by atoms with Crippen LogP contribution in [0.25, 0.3) is 0 Å². The van der Waals surface area contributed by atoms with Gasteiger partial charge in [-0.05, 0) is 61.6 Å². The Hall–Kier alpha value is -1.10. The minimum absolute atomic E-state index is 0. The van der Waals surface area contributed by atoms with Crippen LogP contribution in [0, 0.1) is 17.8 Å². The summed E-state index contributed by atoms with van der Waals surface area (Å²) in [6, 6.07) is 8.11. The molecule has 26 heavy (non-hydrogen) atoms. The number of nitrogens with two attached hydrogens (primary N) is 1. The summed E-state index contributed by atoms with van der Waals surface area (Å²) in [6.07, 6.45) is 10.2. The topological polar surface area (TPSA) is 64.4 Å². The van der Waals surface area contributed by atoms with Crippen molar-refractivity contribution >= 4 is 24.0 Å². The summed E-state index contributed by atoms with van der Waals surface area (Å²) in [6.45, 7) is 0.627. The van der Waals surface area contributed by atoms with E-state index in [4.69, 9.17) is 10.5 Å². The molecule has 4 unspecified atom stereocenters. The SMILES string of the molecule is Cl.NC1C2CCC(C2)C1C(=O)Nc1cccc(COC2CCCCC2)c1. The van der Waals surface area contributed by atoms with Gasteiger partial charge in [0, 0.05) is 11.7 Å². The number of carbonyl (C=O) groups is 1. The Kier molecular flexibility index (Phi) is 6.60. The summed E-state index contributed by atoms with van der Waals surface area (Å²) in [5, 5.41) is 3.10. The number of hydrogen-bond donors (Lipinski definition) is 2. The van der Waals surface area contributed by atoms with Gasteiger partial charge in [0.1, 0.15) is 0 Å². The average Bonchev–Trinajstić information content (AvgIpc) is 3.22. The second kappa shape index (κ2) is 8.73. The lowest BCUT2D eigenvalue weighted by Crippen LogP contribution is -2.42. The van der Waals surface area contributed by atoms with E-state index in [2.05, 4.69) is 11.4 Å². The Balaban J connectivity index is 0.00000196. The number of carbonyl (C=O) groups excluding carboxylic acids is 1. The highest BCUT2D eigenvalue weighted by molar-refractivity contribution is 5.93. The van der Waals surface area contributed by atoms with Crippen LogP contribution in [0.5, 0.6) is 0 Å². The molecule has 1 amide bonds. The smallest absolute Gasteiger partial charge is 0.229 e. The molecule has 0 spiro atoms. The molecule has 3 aliphatic carbocycles. The van der Waals surface area contributed by atoms with Gasteiger partial charge in [-0.2, -0.15) is 0 Å². The number of anilines is 1. The fourth-order valence-corrected chi connectivity index (χ4v) is 5.14. The number of fused-ring (bicyclic) bond motifs is 2. The van der Waals surface area contributed by atoms with Crippen LogP contribution in [0.4, 0.5) is 5.69 Å². The van der Waals surface area contributed by atoms with E-state index in [1.165, 1.54) is 38.5 Å². The van der Waals surface area contributed by atoms with Crippen molar-refractivity contribution in [3.05, 3.63) is 29.8 Å². The first kappa shape index (κ1) is 19.7. The molecule has 4 rings (SSSR count). The summed E-state index contributed by atoms with van der Waals surface area (Å²) in [5.41, 5.74) is 8.29. The number of ether oxygens (including phenoxy) is 1. The highest BCUT2D eigenvalue weighted by Crippen LogP contribution is 2.47. The molecule has 1 aromatic rings. The van der Waals surface area contributed by atoms with Crippen LogP contribution in [0.2, 0.25) is 0 Å². The van der Waals surface area contributed by atoms with Gasteiger partial charge in [0.2, 0.25) is 5.91 Å². The Bertz CT molecular complexity index is 616. The molecule has 0 radical (unpaired) electrons. The molecule has 3 N–H and O–H groups in total. The van der Waals surface area contributed by atoms with E-state index < -0.39 is 0 Å². The van der Waals surface area contributed by atoms with Gasteiger partial charge in [-0.25, -0.2) is 0 Å². The predicted molar refractivity (Wildman–Crippen MR) is 106 cm³/mol. The summed E-state index contributed by atoms with van der Waals surface area (Å²) in [5.74, 6) is 1.12. The third kappa shape index (κ3) is 4.24. The average molecular weight is 379 g/mol. The molecule has 0 heterocycles. The van der Waals surface area contributed by atoms with Gasteiger partial charge in [0.25, 0.3) is 0 Å². The van der Waals surface area contributed by atoms with Crippen LogP contribution in [0.3, 0.4) is 0 Å². The Morgan fingerprint density at radius 1 is 1.12 bits per heavy atom. The lowest BCUT2D eigenvalue weighted by Gasteiger charge is -2.27. The molecule has 4 atom stereocenters. The molecule has 0 aliphatic heterocycles. The predicted octanol–water partition coefficient (Wildman–Crippen LogP) is 4.27. The molecule has 0 aromatic heterocycles. The second-order valence-electron chi connectivity index (χ2n) is 8.20. The van der Waals surface area contributed by atoms with Crippen molar-refractivity contribution < 1.29 is 9.53 Å². The maximum Gasteiger partial charge on any atom is 0.229 e. The highest BCUT2D eigenvalue weighted by Gasteiger charge is 2.49. The largest absolute Gasteiger partial charge is 0.374 e. The molecule has 0 saturated heterocycles. The van der Waals surface area contributed by atoms with Crippen molar-refractivity contribution in [1.82, 2.24) is 0 Å². The maximum atomic E-state index is 12.7. The first-order valence-electron chi connectivity index (χ1n) is 9.97. The standard InChI is InChI=1S/C21H30N2O2.ClH/c22-20-16-10-9-15(12-16)19(20)21(24)23-17-6-4-5-14(11-17)13-25-18-7-2-1-3-8-18;/h4-6,11,15-16,18-20H,1-3,7-10,12-13,22H2,(H,23,24);1H. The van der Waals surface area contributed by atoms with E-state index in [1.807, 2.05) is 18.2 Å². The zero-order chi connectivity index (χ0) is 17.2. The Morgan fingerprint density at radius 3 is 2.62 bits per heavy atom. The van der Waals surface area contributed by atoms with Crippen LogP contribution in [-0.4, -0.2) is 18.1 Å². The molecule has 5 heteroatoms. The van der Waals surface area contributed by atoms with Gasteiger partial charge in [0.05, 0.1) is 18.6 Å². The van der Waals surface area contributed by atoms with E-state index in [-0.39, 0.29) is 30.3 Å². The lowest BCUT2D eigenvalue weighted by molar-refractivity contribution is -0.121. The summed E-state index contributed by atoms with van der Waals surface area (Å²) in [4.78, 5) is 12.7. The molecular weight excluding hydrogens is 348 g/mol. The van der Waals surface area contributed by atoms with Crippen molar-refractivity contribution in [2.24, 2.45) is 23.5 Å². The van der Waals surface area contributed by atoms with E-state index in [0.29, 0.717) is 24.5 Å². The molecular formula is C21H31ClN2O2. The number of hydrogen-bond acceptors (Lipinski definition) is 3. The third-order valence-corrected chi connectivity index (χ3v) is 6.52. The van der Waals surface area contributed by atoms with Crippen molar-refractivity contribution in [3.63, 3.8) is 0 Å². The molecule has 144 valence electrons. The van der Waals surface area contributed by atoms with Crippen LogP contribution in [0.1, 0.15) is 56.9 Å². The van der Waals surface area contributed by atoms with Crippen molar-refractivity contribution in [2.75, 3.05) is 5.32 Å².